The van der Waals surface area contributed by atoms with E-state index in [-0.39, 0.29) is 0 Å². The summed E-state index contributed by atoms with van der Waals surface area (Å²) in [7, 11) is -1.02. The van der Waals surface area contributed by atoms with Gasteiger partial charge in [0.15, 0.2) is 0 Å². The zero-order valence-electron chi connectivity index (χ0n) is 21.2. The first-order valence-corrected chi connectivity index (χ1v) is 16.4. The molecule has 0 unspecified atom stereocenters. The number of aromatic nitrogens is 2. The van der Waals surface area contributed by atoms with Crippen LogP contribution >= 0.6 is 0 Å². The summed E-state index contributed by atoms with van der Waals surface area (Å²) in [5.41, 5.74) is 1.89. The molecular weight excluding hydrogens is 424 g/mol. The van der Waals surface area contributed by atoms with E-state index in [9.17, 15) is 0 Å². The Morgan fingerprint density at radius 1 is 0.606 bits per heavy atom. The number of hydrogen-bond donors (Lipinski definition) is 0. The summed E-state index contributed by atoms with van der Waals surface area (Å²) < 4.78 is 11.8. The molecule has 3 aromatic rings. The Bertz CT molecular complexity index is 1010. The highest BCUT2D eigenvalue weighted by atomic mass is 28.3. The van der Waals surface area contributed by atoms with E-state index in [0.717, 1.165) is 47.9 Å². The number of unbranched alkanes of at least 4 members (excludes halogenated alkanes) is 5. The van der Waals surface area contributed by atoms with Crippen LogP contribution in [-0.2, 0) is 0 Å². The van der Waals surface area contributed by atoms with Crippen LogP contribution in [0.1, 0.15) is 65.2 Å². The number of rotatable bonds is 15. The van der Waals surface area contributed by atoms with Crippen molar-refractivity contribution in [1.29, 1.82) is 0 Å². The van der Waals surface area contributed by atoms with Crippen molar-refractivity contribution >= 4 is 29.9 Å². The van der Waals surface area contributed by atoms with Gasteiger partial charge in [-0.1, -0.05) is 77.6 Å². The zero-order chi connectivity index (χ0) is 23.5. The fraction of sp³-hybridized carbons (Fsp3) is 0.571. The van der Waals surface area contributed by atoms with Gasteiger partial charge >= 0.3 is 0 Å². The van der Waals surface area contributed by atoms with Crippen LogP contribution in [0.2, 0.25) is 25.2 Å². The van der Waals surface area contributed by atoms with Gasteiger partial charge in [0, 0.05) is 31.0 Å². The normalized spacial score (nSPS) is 11.9. The third-order valence-corrected chi connectivity index (χ3v) is 9.85. The molecule has 0 radical (unpaired) electrons. The summed E-state index contributed by atoms with van der Waals surface area (Å²) in [5.74, 6) is 1.41. The Hall–Kier alpha value is -2.14. The van der Waals surface area contributed by atoms with Crippen molar-refractivity contribution in [2.24, 2.45) is 0 Å². The van der Waals surface area contributed by atoms with Gasteiger partial charge in [0.2, 0.25) is 11.8 Å². The second-order valence-electron chi connectivity index (χ2n) is 9.98. The molecule has 4 nitrogen and oxygen atoms in total. The molecular formula is C28H42N2O2Si. The lowest BCUT2D eigenvalue weighted by Gasteiger charge is -2.21. The van der Waals surface area contributed by atoms with Crippen molar-refractivity contribution in [1.82, 2.24) is 9.97 Å². The highest BCUT2D eigenvalue weighted by Gasteiger charge is 2.18. The van der Waals surface area contributed by atoms with Crippen LogP contribution in [0, 0.1) is 0 Å². The fourth-order valence-corrected chi connectivity index (χ4v) is 7.08. The van der Waals surface area contributed by atoms with Gasteiger partial charge in [-0.25, -0.2) is 9.97 Å². The smallest absolute Gasteiger partial charge is 0.213 e. The predicted octanol–water partition coefficient (Wildman–Crippen LogP) is 8.41. The molecule has 0 aliphatic heterocycles. The number of fused-ring (bicyclic) bond motifs is 3. The highest BCUT2D eigenvalue weighted by molar-refractivity contribution is 6.77. The summed E-state index contributed by atoms with van der Waals surface area (Å²) in [6.45, 7) is 11.0. The minimum atomic E-state index is -1.02. The van der Waals surface area contributed by atoms with Crippen molar-refractivity contribution in [3.8, 4) is 11.8 Å². The molecule has 0 bridgehead atoms. The SMILES string of the molecule is CCCCCCOc1ccc2c(ccc3nc(OCCCC[Si](C)(C)CCCC)ccc32)n1. The molecule has 0 spiro atoms. The minimum Gasteiger partial charge on any atom is -0.478 e. The predicted molar refractivity (Wildman–Crippen MR) is 143 cm³/mol. The van der Waals surface area contributed by atoms with Crippen molar-refractivity contribution in [2.75, 3.05) is 13.2 Å². The Kier molecular flexibility index (Phi) is 9.98. The molecule has 0 N–H and O–H groups in total. The standard InChI is InChI=1S/C28H42N2O2Si/c1-5-7-9-10-19-31-27-17-13-23-24-14-18-28(30-26(24)16-15-25(23)29-27)32-20-11-12-22-33(3,4)21-8-6-2/h13-18H,5-12,19-22H2,1-4H3. The Morgan fingerprint density at radius 3 is 1.67 bits per heavy atom. The van der Waals surface area contributed by atoms with E-state index in [1.807, 2.05) is 24.3 Å². The first kappa shape index (κ1) is 25.5. The summed E-state index contributed by atoms with van der Waals surface area (Å²) in [6, 6.07) is 15.1. The first-order valence-electron chi connectivity index (χ1n) is 13.0. The highest BCUT2D eigenvalue weighted by Crippen LogP contribution is 2.27. The van der Waals surface area contributed by atoms with Crippen molar-refractivity contribution in [3.63, 3.8) is 0 Å². The lowest BCUT2D eigenvalue weighted by Crippen LogP contribution is -2.24. The van der Waals surface area contributed by atoms with Crippen LogP contribution in [0.15, 0.2) is 36.4 Å². The van der Waals surface area contributed by atoms with Crippen molar-refractivity contribution < 1.29 is 9.47 Å². The molecule has 0 aliphatic rings. The molecule has 3 rings (SSSR count). The Morgan fingerprint density at radius 2 is 1.12 bits per heavy atom. The van der Waals surface area contributed by atoms with Gasteiger partial charge in [-0.3, -0.25) is 0 Å². The molecule has 33 heavy (non-hydrogen) atoms. The van der Waals surface area contributed by atoms with E-state index >= 15 is 0 Å². The van der Waals surface area contributed by atoms with Crippen LogP contribution < -0.4 is 9.47 Å². The molecule has 0 amide bonds. The fourth-order valence-electron chi connectivity index (χ4n) is 4.31. The minimum absolute atomic E-state index is 0.701. The number of ether oxygens (including phenoxy) is 2. The van der Waals surface area contributed by atoms with E-state index in [1.54, 1.807) is 0 Å². The van der Waals surface area contributed by atoms with Crippen LogP contribution in [0.4, 0.5) is 0 Å². The topological polar surface area (TPSA) is 44.2 Å². The molecule has 1 aromatic carbocycles. The molecule has 0 atom stereocenters. The third-order valence-electron chi connectivity index (χ3n) is 6.44. The summed E-state index contributed by atoms with van der Waals surface area (Å²) in [4.78, 5) is 9.44. The molecule has 5 heteroatoms. The largest absolute Gasteiger partial charge is 0.478 e. The van der Waals surface area contributed by atoms with Gasteiger partial charge in [0.05, 0.1) is 24.2 Å². The van der Waals surface area contributed by atoms with Gasteiger partial charge in [0.25, 0.3) is 0 Å². The van der Waals surface area contributed by atoms with Crippen molar-refractivity contribution in [2.45, 2.75) is 90.4 Å². The summed E-state index contributed by atoms with van der Waals surface area (Å²) >= 11 is 0. The van der Waals surface area contributed by atoms with E-state index < -0.39 is 8.07 Å². The maximum atomic E-state index is 5.98. The Labute approximate surface area is 201 Å². The third kappa shape index (κ3) is 7.99. The van der Waals surface area contributed by atoms with Crippen LogP contribution in [0.25, 0.3) is 21.8 Å². The lowest BCUT2D eigenvalue weighted by atomic mass is 10.1. The van der Waals surface area contributed by atoms with Crippen molar-refractivity contribution in [3.05, 3.63) is 36.4 Å². The number of hydrogen-bond acceptors (Lipinski definition) is 4. The molecule has 180 valence electrons. The molecule has 2 heterocycles. The summed E-state index contributed by atoms with van der Waals surface area (Å²) in [6.07, 6.45) is 9.85. The monoisotopic (exact) mass is 466 g/mol. The van der Waals surface area contributed by atoms with Gasteiger partial charge in [-0.15, -0.1) is 0 Å². The van der Waals surface area contributed by atoms with E-state index in [4.69, 9.17) is 19.4 Å². The maximum absolute atomic E-state index is 5.98. The van der Waals surface area contributed by atoms with Crippen LogP contribution in [0.5, 0.6) is 11.8 Å². The van der Waals surface area contributed by atoms with E-state index in [2.05, 4.69) is 39.1 Å². The van der Waals surface area contributed by atoms with Crippen LogP contribution in [-0.4, -0.2) is 31.3 Å². The number of pyridine rings is 2. The average Bonchev–Trinajstić information content (AvgIpc) is 2.82. The first-order chi connectivity index (χ1) is 16.0. The lowest BCUT2D eigenvalue weighted by molar-refractivity contribution is 0.295. The van der Waals surface area contributed by atoms with Gasteiger partial charge in [-0.2, -0.15) is 0 Å². The zero-order valence-corrected chi connectivity index (χ0v) is 22.2. The molecule has 0 aliphatic carbocycles. The van der Waals surface area contributed by atoms with Gasteiger partial charge < -0.3 is 9.47 Å². The summed E-state index contributed by atoms with van der Waals surface area (Å²) in [5, 5.41) is 2.20. The van der Waals surface area contributed by atoms with E-state index in [0.29, 0.717) is 11.8 Å². The maximum Gasteiger partial charge on any atom is 0.213 e. The molecule has 0 fully saturated rings. The van der Waals surface area contributed by atoms with Gasteiger partial charge in [-0.05, 0) is 37.1 Å². The van der Waals surface area contributed by atoms with Crippen LogP contribution in [0.3, 0.4) is 0 Å². The second kappa shape index (κ2) is 12.9. The quantitative estimate of drug-likeness (QED) is 0.128. The van der Waals surface area contributed by atoms with E-state index in [1.165, 1.54) is 50.6 Å². The molecule has 0 saturated carbocycles. The molecule has 2 aromatic heterocycles. The Balaban J connectivity index is 1.54. The molecule has 0 saturated heterocycles. The van der Waals surface area contributed by atoms with Gasteiger partial charge in [0.1, 0.15) is 0 Å². The number of nitrogens with zero attached hydrogens (tertiary/aromatic N) is 2. The second-order valence-corrected chi connectivity index (χ2v) is 15.3. The number of benzene rings is 1. The average molecular weight is 467 g/mol.